The first-order valence-corrected chi connectivity index (χ1v) is 10.7. The minimum atomic E-state index is -4.83. The average Bonchev–Trinajstić information content (AvgIpc) is 2.97. The molecule has 1 aromatic heterocycles. The number of fused-ring (bicyclic) bond motifs is 1. The van der Waals surface area contributed by atoms with Gasteiger partial charge in [0.1, 0.15) is 11.3 Å². The number of ether oxygens (including phenoxy) is 2. The van der Waals surface area contributed by atoms with Crippen molar-refractivity contribution in [2.75, 3.05) is 0 Å². The Labute approximate surface area is 190 Å². The van der Waals surface area contributed by atoms with E-state index in [-0.39, 0.29) is 21.3 Å². The molecule has 0 radical (unpaired) electrons. The van der Waals surface area contributed by atoms with E-state index in [1.54, 1.807) is 17.7 Å². The number of aromatic nitrogens is 2. The lowest BCUT2D eigenvalue weighted by atomic mass is 9.93. The van der Waals surface area contributed by atoms with Crippen LogP contribution < -0.4 is 9.47 Å². The summed E-state index contributed by atoms with van der Waals surface area (Å²) in [7, 11) is 1.79. The number of alkyl halides is 3. The minimum absolute atomic E-state index is 0.0676. The van der Waals surface area contributed by atoms with Gasteiger partial charge in [-0.25, -0.2) is 0 Å². The van der Waals surface area contributed by atoms with Crippen LogP contribution >= 0.6 is 39.1 Å². The smallest absolute Gasteiger partial charge is 0.423 e. The van der Waals surface area contributed by atoms with Crippen LogP contribution in [0.15, 0.2) is 28.7 Å². The molecule has 10 heteroatoms. The first-order valence-electron chi connectivity index (χ1n) is 9.13. The maximum absolute atomic E-state index is 12.5. The average molecular weight is 526 g/mol. The molecular weight excluding hydrogens is 508 g/mol. The summed E-state index contributed by atoms with van der Waals surface area (Å²) in [5, 5.41) is 0.409. The molecule has 0 fully saturated rings. The molecule has 0 saturated carbocycles. The third-order valence-corrected chi connectivity index (χ3v) is 5.96. The van der Waals surface area contributed by atoms with E-state index in [0.717, 1.165) is 36.1 Å². The van der Waals surface area contributed by atoms with Gasteiger partial charge >= 0.3 is 12.4 Å². The van der Waals surface area contributed by atoms with Crippen molar-refractivity contribution in [1.29, 1.82) is 0 Å². The summed E-state index contributed by atoms with van der Waals surface area (Å²) in [5.74, 6) is -0.0252. The molecule has 0 spiro atoms. The Morgan fingerprint density at radius 2 is 1.80 bits per heavy atom. The molecule has 0 unspecified atom stereocenters. The molecule has 0 N–H and O–H groups in total. The van der Waals surface area contributed by atoms with E-state index in [4.69, 9.17) is 27.9 Å². The zero-order valence-electron chi connectivity index (χ0n) is 16.3. The highest BCUT2D eigenvalue weighted by Gasteiger charge is 2.32. The van der Waals surface area contributed by atoms with Gasteiger partial charge in [0.2, 0.25) is 0 Å². The van der Waals surface area contributed by atoms with Crippen LogP contribution in [0, 0.1) is 0 Å². The van der Waals surface area contributed by atoms with Gasteiger partial charge in [0.05, 0.1) is 20.0 Å². The largest absolute Gasteiger partial charge is 0.573 e. The maximum Gasteiger partial charge on any atom is 0.573 e. The first-order chi connectivity index (χ1) is 14.1. The molecule has 0 aliphatic carbocycles. The maximum atomic E-state index is 12.5. The van der Waals surface area contributed by atoms with Gasteiger partial charge in [-0.2, -0.15) is 4.98 Å². The second-order valence-corrected chi connectivity index (χ2v) is 8.34. The lowest BCUT2D eigenvalue weighted by Gasteiger charge is -2.16. The highest BCUT2D eigenvalue weighted by Crippen LogP contribution is 2.42. The van der Waals surface area contributed by atoms with E-state index < -0.39 is 12.1 Å². The predicted octanol–water partition coefficient (Wildman–Crippen LogP) is 8.24. The Bertz CT molecular complexity index is 1060. The molecule has 30 heavy (non-hydrogen) atoms. The van der Waals surface area contributed by atoms with E-state index in [9.17, 15) is 13.2 Å². The normalized spacial score (nSPS) is 12.1. The third-order valence-electron chi connectivity index (χ3n) is 4.79. The Balaban J connectivity index is 2.06. The van der Waals surface area contributed by atoms with Gasteiger partial charge in [0.25, 0.3) is 0 Å². The molecule has 0 bridgehead atoms. The molecule has 1 heterocycles. The summed E-state index contributed by atoms with van der Waals surface area (Å²) in [6.07, 6.45) is -2.93. The summed E-state index contributed by atoms with van der Waals surface area (Å²) < 4.78 is 49.2. The van der Waals surface area contributed by atoms with Crippen molar-refractivity contribution in [2.45, 2.75) is 39.0 Å². The quantitative estimate of drug-likeness (QED) is 0.325. The van der Waals surface area contributed by atoms with Crippen molar-refractivity contribution in [2.24, 2.45) is 7.05 Å². The van der Waals surface area contributed by atoms with Crippen LogP contribution in [0.4, 0.5) is 13.2 Å². The van der Waals surface area contributed by atoms with Gasteiger partial charge in [-0.3, -0.25) is 4.57 Å². The number of hydrogen-bond donors (Lipinski definition) is 0. The van der Waals surface area contributed by atoms with Crippen LogP contribution in [-0.4, -0.2) is 15.9 Å². The van der Waals surface area contributed by atoms with Gasteiger partial charge in [-0.05, 0) is 52.4 Å². The number of halogens is 6. The number of hydrogen-bond acceptors (Lipinski definition) is 3. The van der Waals surface area contributed by atoms with Crippen LogP contribution in [0.1, 0.15) is 38.2 Å². The fourth-order valence-electron chi connectivity index (χ4n) is 3.36. The molecule has 0 aliphatic heterocycles. The minimum Gasteiger partial charge on any atom is -0.423 e. The fourth-order valence-corrected chi connectivity index (χ4v) is 4.44. The third kappa shape index (κ3) is 4.65. The van der Waals surface area contributed by atoms with E-state index in [0.29, 0.717) is 16.5 Å². The van der Waals surface area contributed by atoms with Crippen LogP contribution in [0.25, 0.3) is 11.0 Å². The van der Waals surface area contributed by atoms with Crippen molar-refractivity contribution in [3.8, 4) is 17.5 Å². The number of nitrogens with zero attached hydrogens (tertiary/aromatic N) is 2. The van der Waals surface area contributed by atoms with E-state index in [1.165, 1.54) is 0 Å². The molecule has 2 aromatic carbocycles. The molecule has 0 atom stereocenters. The highest BCUT2D eigenvalue weighted by molar-refractivity contribution is 9.10. The van der Waals surface area contributed by atoms with Crippen LogP contribution in [0.5, 0.6) is 17.5 Å². The number of aryl methyl sites for hydroxylation is 1. The molecule has 3 aromatic rings. The second kappa shape index (κ2) is 8.85. The van der Waals surface area contributed by atoms with Crippen molar-refractivity contribution in [3.05, 3.63) is 44.3 Å². The molecular formula is C20H18BrCl2F3N2O2. The molecule has 0 saturated heterocycles. The van der Waals surface area contributed by atoms with Crippen molar-refractivity contribution >= 4 is 50.2 Å². The Morgan fingerprint density at radius 1 is 1.13 bits per heavy atom. The second-order valence-electron chi connectivity index (χ2n) is 6.67. The van der Waals surface area contributed by atoms with Crippen LogP contribution in [0.3, 0.4) is 0 Å². The molecule has 0 amide bonds. The zero-order chi connectivity index (χ0) is 22.2. The number of rotatable bonds is 6. The fraction of sp³-hybridized carbons (Fsp3) is 0.350. The van der Waals surface area contributed by atoms with Gasteiger partial charge < -0.3 is 9.47 Å². The highest BCUT2D eigenvalue weighted by atomic mass is 79.9. The summed E-state index contributed by atoms with van der Waals surface area (Å²) >= 11 is 15.7. The van der Waals surface area contributed by atoms with Gasteiger partial charge in [0.15, 0.2) is 5.75 Å². The molecule has 0 aliphatic rings. The van der Waals surface area contributed by atoms with Crippen LogP contribution in [-0.2, 0) is 7.05 Å². The van der Waals surface area contributed by atoms with E-state index >= 15 is 0 Å². The Hall–Kier alpha value is -1.64. The Morgan fingerprint density at radius 3 is 2.37 bits per heavy atom. The predicted molar refractivity (Wildman–Crippen MR) is 115 cm³/mol. The number of benzene rings is 2. The van der Waals surface area contributed by atoms with Crippen LogP contribution in [0.2, 0.25) is 10.0 Å². The van der Waals surface area contributed by atoms with Gasteiger partial charge in [-0.1, -0.05) is 43.1 Å². The zero-order valence-corrected chi connectivity index (χ0v) is 19.4. The number of imidazole rings is 1. The molecule has 4 nitrogen and oxygen atoms in total. The van der Waals surface area contributed by atoms with Gasteiger partial charge in [0, 0.05) is 13.1 Å². The first kappa shape index (κ1) is 23.0. The standard InChI is InChI=1S/C20H18BrCl2F3N2O2/c1-4-10(5-2)12-6-7-14(22)16-17(12)28(3)19(27-16)29-18-13(21)8-11(9-15(18)23)30-20(24,25)26/h6-10H,4-5H2,1-3H3. The monoisotopic (exact) mass is 524 g/mol. The summed E-state index contributed by atoms with van der Waals surface area (Å²) in [6.45, 7) is 4.23. The van der Waals surface area contributed by atoms with Crippen molar-refractivity contribution in [3.63, 3.8) is 0 Å². The SMILES string of the molecule is CCC(CC)c1ccc(Cl)c2nc(Oc3c(Cl)cc(OC(F)(F)F)cc3Br)n(C)c12. The summed E-state index contributed by atoms with van der Waals surface area (Å²) in [5.41, 5.74) is 2.53. The van der Waals surface area contributed by atoms with E-state index in [1.807, 2.05) is 6.07 Å². The van der Waals surface area contributed by atoms with Crippen molar-refractivity contribution < 1.29 is 22.6 Å². The van der Waals surface area contributed by atoms with Gasteiger partial charge in [-0.15, -0.1) is 13.2 Å². The molecule has 3 rings (SSSR count). The van der Waals surface area contributed by atoms with Crippen molar-refractivity contribution in [1.82, 2.24) is 9.55 Å². The lowest BCUT2D eigenvalue weighted by Crippen LogP contribution is -2.17. The molecule has 162 valence electrons. The summed E-state index contributed by atoms with van der Waals surface area (Å²) in [6, 6.07) is 6.15. The topological polar surface area (TPSA) is 36.3 Å². The summed E-state index contributed by atoms with van der Waals surface area (Å²) in [4.78, 5) is 4.50. The Kier molecular flexibility index (Phi) is 6.79. The lowest BCUT2D eigenvalue weighted by molar-refractivity contribution is -0.274. The van der Waals surface area contributed by atoms with E-state index in [2.05, 4.69) is 39.5 Å².